The van der Waals surface area contributed by atoms with Gasteiger partial charge >= 0.3 is 5.97 Å². The number of ether oxygens (including phenoxy) is 5. The van der Waals surface area contributed by atoms with Gasteiger partial charge in [-0.3, -0.25) is 4.79 Å². The Bertz CT molecular complexity index is 2040. The average molecular weight is 743 g/mol. The van der Waals surface area contributed by atoms with E-state index in [0.29, 0.717) is 5.56 Å². The van der Waals surface area contributed by atoms with Crippen LogP contribution in [0.25, 0.3) is 28.4 Å². The van der Waals surface area contributed by atoms with E-state index in [9.17, 15) is 60.7 Å². The number of hydrogen-bond donors (Lipinski definition) is 10. The lowest BCUT2D eigenvalue weighted by molar-refractivity contribution is -0.308. The average Bonchev–Trinajstić information content (AvgIpc) is 3.12. The molecule has 3 heterocycles. The van der Waals surface area contributed by atoms with Crippen molar-refractivity contribution in [2.75, 3.05) is 13.2 Å². The van der Waals surface area contributed by atoms with Gasteiger partial charge in [0.15, 0.2) is 29.7 Å². The van der Waals surface area contributed by atoms with Crippen LogP contribution in [-0.4, -0.2) is 126 Å². The summed E-state index contributed by atoms with van der Waals surface area (Å²) in [6.07, 6.45) is -13.4. The van der Waals surface area contributed by atoms with Crippen molar-refractivity contribution in [2.45, 2.75) is 55.3 Å². The number of phenols is 5. The van der Waals surface area contributed by atoms with Crippen LogP contribution in [0.2, 0.25) is 0 Å². The summed E-state index contributed by atoms with van der Waals surface area (Å²) in [6.45, 7) is -1.09. The number of benzene rings is 3. The van der Waals surface area contributed by atoms with Gasteiger partial charge in [-0.15, -0.1) is 0 Å². The molecule has 3 aromatic carbocycles. The summed E-state index contributed by atoms with van der Waals surface area (Å²) in [5.74, 6) is -4.71. The molecule has 2 aliphatic rings. The number of aliphatic hydroxyl groups is 5. The number of phenolic OH excluding ortho intramolecular Hbond substituents is 5. The number of aromatic hydroxyl groups is 5. The van der Waals surface area contributed by atoms with Gasteiger partial charge in [0.2, 0.25) is 17.5 Å². The molecule has 2 aliphatic heterocycles. The lowest BCUT2D eigenvalue weighted by atomic mass is 9.98. The number of aliphatic hydroxyl groups excluding tert-OH is 5. The molecule has 10 N–H and O–H groups in total. The molecule has 2 fully saturated rings. The second kappa shape index (κ2) is 15.3. The van der Waals surface area contributed by atoms with Crippen LogP contribution in [-0.2, 0) is 23.7 Å². The van der Waals surface area contributed by atoms with Crippen LogP contribution in [0.1, 0.15) is 5.56 Å². The fourth-order valence-electron chi connectivity index (χ4n) is 5.65. The molecule has 18 heteroatoms. The molecule has 53 heavy (non-hydrogen) atoms. The van der Waals surface area contributed by atoms with Gasteiger partial charge in [-0.1, -0.05) is 12.1 Å². The first-order valence-corrected chi connectivity index (χ1v) is 15.9. The first-order valence-electron chi connectivity index (χ1n) is 15.9. The summed E-state index contributed by atoms with van der Waals surface area (Å²) in [5, 5.41) is 102. The topological polar surface area (TPSA) is 296 Å². The zero-order valence-corrected chi connectivity index (χ0v) is 27.2. The van der Waals surface area contributed by atoms with Crippen molar-refractivity contribution in [1.29, 1.82) is 0 Å². The van der Waals surface area contributed by atoms with Crippen LogP contribution >= 0.6 is 0 Å². The third-order valence-electron chi connectivity index (χ3n) is 8.47. The number of rotatable bonds is 9. The van der Waals surface area contributed by atoms with E-state index in [4.69, 9.17) is 28.1 Å². The smallest absolute Gasteiger partial charge is 0.331 e. The Morgan fingerprint density at radius 3 is 2.25 bits per heavy atom. The number of carbonyl (C=O) groups is 1. The minimum atomic E-state index is -2.02. The van der Waals surface area contributed by atoms with E-state index in [2.05, 4.69) is 0 Å². The summed E-state index contributed by atoms with van der Waals surface area (Å²) < 4.78 is 33.8. The van der Waals surface area contributed by atoms with E-state index in [1.165, 1.54) is 36.4 Å². The maximum atomic E-state index is 14.0. The molecule has 0 unspecified atom stereocenters. The number of fused-ring (bicyclic) bond motifs is 1. The molecule has 18 nitrogen and oxygen atoms in total. The van der Waals surface area contributed by atoms with Gasteiger partial charge in [0.1, 0.15) is 64.8 Å². The zero-order valence-electron chi connectivity index (χ0n) is 27.2. The highest BCUT2D eigenvalue weighted by Gasteiger charge is 2.49. The summed E-state index contributed by atoms with van der Waals surface area (Å²) >= 11 is 0. The third kappa shape index (κ3) is 7.84. The summed E-state index contributed by atoms with van der Waals surface area (Å²) in [4.78, 5) is 27.0. The van der Waals surface area contributed by atoms with E-state index in [1.54, 1.807) is 0 Å². The first-order chi connectivity index (χ1) is 25.2. The molecule has 1 aromatic heterocycles. The summed E-state index contributed by atoms with van der Waals surface area (Å²) in [6, 6.07) is 10.9. The monoisotopic (exact) mass is 742 g/mol. The van der Waals surface area contributed by atoms with Crippen LogP contribution < -0.4 is 10.2 Å². The number of carbonyl (C=O) groups excluding carboxylic acids is 1. The van der Waals surface area contributed by atoms with Gasteiger partial charge in [-0.25, -0.2) is 4.79 Å². The fraction of sp³-hybridized carbons (Fsp3) is 0.314. The van der Waals surface area contributed by atoms with E-state index in [-0.39, 0.29) is 16.9 Å². The minimum Gasteiger partial charge on any atom is -0.508 e. The largest absolute Gasteiger partial charge is 0.508 e. The molecule has 6 rings (SSSR count). The second-order valence-electron chi connectivity index (χ2n) is 12.2. The van der Waals surface area contributed by atoms with Crippen molar-refractivity contribution in [3.63, 3.8) is 0 Å². The highest BCUT2D eigenvalue weighted by atomic mass is 16.7. The van der Waals surface area contributed by atoms with Gasteiger partial charge in [0.05, 0.1) is 13.2 Å². The molecule has 0 amide bonds. The van der Waals surface area contributed by atoms with Crippen LogP contribution in [0.15, 0.2) is 69.9 Å². The number of esters is 1. The van der Waals surface area contributed by atoms with E-state index >= 15 is 0 Å². The second-order valence-corrected chi connectivity index (χ2v) is 12.2. The summed E-state index contributed by atoms with van der Waals surface area (Å²) in [5.41, 5.74) is -1.03. The highest BCUT2D eigenvalue weighted by Crippen LogP contribution is 2.40. The molecule has 0 spiro atoms. The van der Waals surface area contributed by atoms with Gasteiger partial charge in [0.25, 0.3) is 0 Å². The normalized spacial score (nSPS) is 27.5. The molecule has 0 saturated carbocycles. The molecule has 0 radical (unpaired) electrons. The van der Waals surface area contributed by atoms with Gasteiger partial charge < -0.3 is 79.2 Å². The van der Waals surface area contributed by atoms with Crippen LogP contribution in [0.3, 0.4) is 0 Å². The lowest BCUT2D eigenvalue weighted by Crippen LogP contribution is -2.62. The Morgan fingerprint density at radius 1 is 0.792 bits per heavy atom. The van der Waals surface area contributed by atoms with Crippen molar-refractivity contribution in [2.24, 2.45) is 0 Å². The minimum absolute atomic E-state index is 0.0248. The Labute approximate surface area is 297 Å². The Kier molecular flexibility index (Phi) is 10.8. The predicted octanol–water partition coefficient (Wildman–Crippen LogP) is -0.106. The Hall–Kier alpha value is -5.44. The number of hydrogen-bond acceptors (Lipinski definition) is 18. The van der Waals surface area contributed by atoms with E-state index in [0.717, 1.165) is 30.3 Å². The zero-order chi connectivity index (χ0) is 38.1. The molecule has 0 aliphatic carbocycles. The van der Waals surface area contributed by atoms with Crippen molar-refractivity contribution in [3.05, 3.63) is 76.5 Å². The Morgan fingerprint density at radius 2 is 1.53 bits per heavy atom. The van der Waals surface area contributed by atoms with Crippen LogP contribution in [0.5, 0.6) is 34.5 Å². The van der Waals surface area contributed by atoms with Crippen molar-refractivity contribution in [1.82, 2.24) is 0 Å². The molecular formula is C35H34O18. The fourth-order valence-corrected chi connectivity index (χ4v) is 5.65. The maximum absolute atomic E-state index is 14.0. The molecule has 9 atom stereocenters. The maximum Gasteiger partial charge on any atom is 0.331 e. The predicted molar refractivity (Wildman–Crippen MR) is 177 cm³/mol. The first kappa shape index (κ1) is 37.3. The van der Waals surface area contributed by atoms with Crippen molar-refractivity contribution in [3.8, 4) is 45.8 Å². The molecule has 2 saturated heterocycles. The third-order valence-corrected chi connectivity index (χ3v) is 8.47. The van der Waals surface area contributed by atoms with Gasteiger partial charge in [0, 0.05) is 23.8 Å². The van der Waals surface area contributed by atoms with E-state index in [1.807, 2.05) is 0 Å². The standard InChI is InChI=1S/C35H34O18/c36-16-5-1-14(2-6-16)3-8-24(42)52-33-29(46)27(44)23(13-49-34-30(47)26(43)21(41)12-48-34)51-35(33)53-32-28(45)25-20(40)10-17(37)11-22(25)50-31(32)15-4-7-18(38)19(39)9-15/h1-11,21,23,26-27,29-30,33-41,43-44,46-47H,12-13H2/b8-3+/t21-,23-,26-,27+,29-,30-,33-,34+,35+/m1/s1. The van der Waals surface area contributed by atoms with Gasteiger partial charge in [-0.05, 0) is 42.0 Å². The molecule has 4 aromatic rings. The van der Waals surface area contributed by atoms with Crippen molar-refractivity contribution >= 4 is 23.0 Å². The molecule has 0 bridgehead atoms. The van der Waals surface area contributed by atoms with E-state index < -0.39 is 120 Å². The lowest BCUT2D eigenvalue weighted by Gasteiger charge is -2.42. The Balaban J connectivity index is 1.37. The van der Waals surface area contributed by atoms with Crippen LogP contribution in [0, 0.1) is 0 Å². The SMILES string of the molecule is O=C(/C=C/c1ccc(O)cc1)O[C@H]1[C@H](Oc2c(-c3ccc(O)c(O)c3)oc3cc(O)cc(O)c3c2=O)O[C@H](CO[C@@H]2OC[C@@H](O)[C@@H](O)[C@H]2O)[C@H](O)[C@H]1O. The quantitative estimate of drug-likeness (QED) is 0.0608. The molecule has 282 valence electrons. The van der Waals surface area contributed by atoms with Crippen molar-refractivity contribution < 1.29 is 84.0 Å². The molecular weight excluding hydrogens is 708 g/mol. The van der Waals surface area contributed by atoms with Gasteiger partial charge in [-0.2, -0.15) is 0 Å². The summed E-state index contributed by atoms with van der Waals surface area (Å²) in [7, 11) is 0. The highest BCUT2D eigenvalue weighted by molar-refractivity contribution is 5.89. The van der Waals surface area contributed by atoms with Crippen LogP contribution in [0.4, 0.5) is 0 Å².